The molecule has 0 N–H and O–H groups in total. The third-order valence-corrected chi connectivity index (χ3v) is 17.1. The molecular formula is C38H46Cl2Zr. The molecule has 3 aromatic rings. The molecule has 5 rings (SSSR count). The second-order valence-corrected chi connectivity index (χ2v) is 20.4. The molecular weight excluding hydrogens is 619 g/mol. The van der Waals surface area contributed by atoms with Crippen molar-refractivity contribution in [3.05, 3.63) is 116 Å². The summed E-state index contributed by atoms with van der Waals surface area (Å²) < 4.78 is 4.23. The molecule has 2 aliphatic rings. The van der Waals surface area contributed by atoms with E-state index in [9.17, 15) is 0 Å². The summed E-state index contributed by atoms with van der Waals surface area (Å²) in [5.41, 5.74) is 10.9. The van der Waals surface area contributed by atoms with Gasteiger partial charge in [-0.2, -0.15) is 0 Å². The van der Waals surface area contributed by atoms with Crippen LogP contribution < -0.4 is 24.8 Å². The first-order valence-electron chi connectivity index (χ1n) is 15.0. The standard InChI is InChI=1S/C21H25.C12H16.C5H5.2ClH.Zr/c1-20(2,3)16-9-7-14-11-15-8-10-17(21(4,5)6)13-19(15)18(14)12-16;1-2-3-4-6-9-12-10-7-5-8-11-12;1-2-4-5-3-1;;;/h7-13H,1-6H3;5,7-8,10-11H,2-4,9H2,1H3;1-3H,4H2;2*1H;/q;;;;;+2/p-2. The number of allylic oxidation sites excluding steroid dienone is 4. The van der Waals surface area contributed by atoms with Crippen LogP contribution in [0.25, 0.3) is 11.1 Å². The Labute approximate surface area is 269 Å². The molecule has 0 aromatic heterocycles. The van der Waals surface area contributed by atoms with Gasteiger partial charge in [-0.25, -0.2) is 0 Å². The number of benzene rings is 3. The maximum absolute atomic E-state index is 2.55. The fourth-order valence-corrected chi connectivity index (χ4v) is 15.7. The van der Waals surface area contributed by atoms with Gasteiger partial charge < -0.3 is 24.8 Å². The monoisotopic (exact) mass is 662 g/mol. The van der Waals surface area contributed by atoms with Crippen LogP contribution in [-0.4, -0.2) is 3.21 Å². The van der Waals surface area contributed by atoms with E-state index >= 15 is 0 Å². The average Bonchev–Trinajstić information content (AvgIpc) is 3.54. The van der Waals surface area contributed by atoms with Crippen molar-refractivity contribution in [2.75, 3.05) is 0 Å². The zero-order valence-corrected chi connectivity index (χ0v) is 29.9. The predicted molar refractivity (Wildman–Crippen MR) is 168 cm³/mol. The van der Waals surface area contributed by atoms with Crippen LogP contribution >= 0.6 is 0 Å². The van der Waals surface area contributed by atoms with Gasteiger partial charge in [-0.3, -0.25) is 0 Å². The molecule has 0 saturated carbocycles. The van der Waals surface area contributed by atoms with Crippen molar-refractivity contribution in [2.24, 2.45) is 0 Å². The van der Waals surface area contributed by atoms with E-state index in [4.69, 9.17) is 0 Å². The molecule has 3 aromatic carbocycles. The van der Waals surface area contributed by atoms with Crippen LogP contribution in [0.1, 0.15) is 106 Å². The Morgan fingerprint density at radius 2 is 1.34 bits per heavy atom. The van der Waals surface area contributed by atoms with Crippen molar-refractivity contribution in [3.8, 4) is 11.1 Å². The molecule has 216 valence electrons. The van der Waals surface area contributed by atoms with Crippen LogP contribution in [0.2, 0.25) is 0 Å². The molecule has 0 atom stereocenters. The fourth-order valence-electron chi connectivity index (χ4n) is 6.31. The van der Waals surface area contributed by atoms with Crippen LogP contribution in [0.5, 0.6) is 0 Å². The van der Waals surface area contributed by atoms with E-state index in [1.807, 2.05) is 3.21 Å². The third-order valence-electron chi connectivity index (χ3n) is 8.63. The minimum Gasteiger partial charge on any atom is -1.00 e. The molecule has 0 aliphatic heterocycles. The summed E-state index contributed by atoms with van der Waals surface area (Å²) in [6.07, 6.45) is 13.4. The molecule has 0 radical (unpaired) electrons. The number of fused-ring (bicyclic) bond motifs is 3. The second-order valence-electron chi connectivity index (χ2n) is 13.6. The summed E-state index contributed by atoms with van der Waals surface area (Å²) in [6.45, 7) is 16.4. The SMILES string of the molecule is CCCC/[C](Cc1ccccc1)=[Zr+2](/[C]1=CC=CC1)[CH]1c2ccc(C(C)(C)C)cc2-c2cc(C(C)(C)C)ccc21.[Cl-].[Cl-]. The van der Waals surface area contributed by atoms with Crippen LogP contribution in [-0.2, 0) is 38.5 Å². The minimum absolute atomic E-state index is 0. The van der Waals surface area contributed by atoms with Crippen LogP contribution in [0.3, 0.4) is 0 Å². The van der Waals surface area contributed by atoms with Gasteiger partial charge in [0.15, 0.2) is 0 Å². The van der Waals surface area contributed by atoms with Crippen molar-refractivity contribution < 1.29 is 46.1 Å². The van der Waals surface area contributed by atoms with Gasteiger partial charge in [-0.1, -0.05) is 0 Å². The normalized spacial score (nSPS) is 14.5. The van der Waals surface area contributed by atoms with Gasteiger partial charge in [0, 0.05) is 0 Å². The molecule has 0 saturated heterocycles. The quantitative estimate of drug-likeness (QED) is 0.351. The Balaban J connectivity index is 0.00000231. The van der Waals surface area contributed by atoms with E-state index in [2.05, 4.69) is 133 Å². The second kappa shape index (κ2) is 13.8. The Bertz CT molecular complexity index is 1380. The van der Waals surface area contributed by atoms with E-state index in [0.717, 1.165) is 12.8 Å². The van der Waals surface area contributed by atoms with Gasteiger partial charge in [0.05, 0.1) is 0 Å². The molecule has 0 spiro atoms. The Kier molecular flexibility index (Phi) is 11.5. The molecule has 3 heteroatoms. The van der Waals surface area contributed by atoms with Gasteiger partial charge in [0.2, 0.25) is 0 Å². The van der Waals surface area contributed by atoms with Gasteiger partial charge in [0.25, 0.3) is 0 Å². The molecule has 0 nitrogen and oxygen atoms in total. The van der Waals surface area contributed by atoms with E-state index in [0.29, 0.717) is 3.63 Å². The van der Waals surface area contributed by atoms with E-state index in [-0.39, 0.29) is 35.6 Å². The Morgan fingerprint density at radius 1 is 0.780 bits per heavy atom. The molecule has 0 heterocycles. The smallest absolute Gasteiger partial charge is 1.00 e. The average molecular weight is 665 g/mol. The Morgan fingerprint density at radius 3 is 1.80 bits per heavy atom. The number of rotatable bonds is 7. The van der Waals surface area contributed by atoms with Crippen molar-refractivity contribution in [3.63, 3.8) is 0 Å². The summed E-state index contributed by atoms with van der Waals surface area (Å²) in [4.78, 5) is 0. The van der Waals surface area contributed by atoms with Gasteiger partial charge >= 0.3 is 247 Å². The number of unbranched alkanes of at least 4 members (excludes halogenated alkanes) is 1. The summed E-state index contributed by atoms with van der Waals surface area (Å²) in [7, 11) is 0. The first-order valence-corrected chi connectivity index (χ1v) is 18.9. The zero-order valence-electron chi connectivity index (χ0n) is 26.0. The fraction of sp³-hybridized carbons (Fsp3) is 0.395. The number of halogens is 2. The third kappa shape index (κ3) is 7.35. The van der Waals surface area contributed by atoms with Gasteiger partial charge in [0.1, 0.15) is 0 Å². The van der Waals surface area contributed by atoms with Crippen molar-refractivity contribution in [2.45, 2.75) is 95.0 Å². The predicted octanol–water partition coefficient (Wildman–Crippen LogP) is 4.43. The summed E-state index contributed by atoms with van der Waals surface area (Å²) in [6, 6.07) is 26.3. The van der Waals surface area contributed by atoms with Crippen molar-refractivity contribution >= 4 is 3.21 Å². The van der Waals surface area contributed by atoms with E-state index in [1.165, 1.54) is 47.1 Å². The van der Waals surface area contributed by atoms with Gasteiger partial charge in [-0.15, -0.1) is 0 Å². The Hall–Kier alpha value is -1.53. The van der Waals surface area contributed by atoms with Crippen LogP contribution in [0.4, 0.5) is 0 Å². The van der Waals surface area contributed by atoms with Crippen LogP contribution in [0.15, 0.2) is 88.2 Å². The molecule has 0 bridgehead atoms. The zero-order chi connectivity index (χ0) is 27.8. The summed E-state index contributed by atoms with van der Waals surface area (Å²) >= 11 is -2.34. The topological polar surface area (TPSA) is 0 Å². The molecule has 41 heavy (non-hydrogen) atoms. The van der Waals surface area contributed by atoms with Crippen LogP contribution in [0, 0.1) is 0 Å². The van der Waals surface area contributed by atoms with Crippen molar-refractivity contribution in [1.82, 2.24) is 0 Å². The first kappa shape index (κ1) is 34.0. The number of hydrogen-bond donors (Lipinski definition) is 0. The maximum Gasteiger partial charge on any atom is -1.00 e. The first-order chi connectivity index (χ1) is 18.6. The van der Waals surface area contributed by atoms with Gasteiger partial charge in [-0.05, 0) is 0 Å². The summed E-state index contributed by atoms with van der Waals surface area (Å²) in [5.74, 6) is 0. The van der Waals surface area contributed by atoms with E-state index in [1.54, 1.807) is 14.4 Å². The molecule has 0 unspecified atom stereocenters. The summed E-state index contributed by atoms with van der Waals surface area (Å²) in [5, 5.41) is 0. The molecule has 2 aliphatic carbocycles. The molecule has 0 fully saturated rings. The minimum atomic E-state index is -2.34. The molecule has 0 amide bonds. The van der Waals surface area contributed by atoms with E-state index < -0.39 is 21.3 Å². The van der Waals surface area contributed by atoms with Crippen molar-refractivity contribution in [1.29, 1.82) is 0 Å². The largest absolute Gasteiger partial charge is 1.00 e. The maximum atomic E-state index is 2.55. The number of hydrogen-bond acceptors (Lipinski definition) is 0.